The lowest BCUT2D eigenvalue weighted by Crippen LogP contribution is -2.12. The molecule has 0 saturated carbocycles. The van der Waals surface area contributed by atoms with E-state index in [2.05, 4.69) is 10.3 Å². The number of rotatable bonds is 6. The second-order valence-corrected chi connectivity index (χ2v) is 7.01. The fourth-order valence-corrected chi connectivity index (χ4v) is 3.61. The van der Waals surface area contributed by atoms with Gasteiger partial charge in [0, 0.05) is 22.1 Å². The van der Waals surface area contributed by atoms with Crippen LogP contribution in [0.3, 0.4) is 0 Å². The van der Waals surface area contributed by atoms with Crippen molar-refractivity contribution >= 4 is 22.4 Å². The van der Waals surface area contributed by atoms with Gasteiger partial charge in [-0.2, -0.15) is 0 Å². The lowest BCUT2D eigenvalue weighted by atomic mass is 10.1. The van der Waals surface area contributed by atoms with Crippen LogP contribution in [0.1, 0.15) is 29.1 Å². The SMILES string of the molecule is CCOc1ccc(-c2csc(NC(=O)c3cccc(C4OCCO4)c3)n2)cc1. The number of aromatic nitrogens is 1. The molecule has 1 aliphatic heterocycles. The minimum absolute atomic E-state index is 0.215. The Labute approximate surface area is 167 Å². The molecule has 0 radical (unpaired) electrons. The number of ether oxygens (including phenoxy) is 3. The summed E-state index contributed by atoms with van der Waals surface area (Å²) in [6, 6.07) is 15.0. The highest BCUT2D eigenvalue weighted by Crippen LogP contribution is 2.27. The first kappa shape index (κ1) is 18.6. The number of nitrogens with one attached hydrogen (secondary N) is 1. The third kappa shape index (κ3) is 4.22. The number of thiazole rings is 1. The molecule has 28 heavy (non-hydrogen) atoms. The quantitative estimate of drug-likeness (QED) is 0.664. The Kier molecular flexibility index (Phi) is 5.66. The number of carbonyl (C=O) groups excluding carboxylic acids is 1. The maximum absolute atomic E-state index is 12.6. The lowest BCUT2D eigenvalue weighted by molar-refractivity contribution is -0.0441. The van der Waals surface area contributed by atoms with Gasteiger partial charge in [0.05, 0.1) is 25.5 Å². The van der Waals surface area contributed by atoms with Gasteiger partial charge in [-0.3, -0.25) is 10.1 Å². The van der Waals surface area contributed by atoms with Crippen molar-refractivity contribution in [3.63, 3.8) is 0 Å². The smallest absolute Gasteiger partial charge is 0.257 e. The van der Waals surface area contributed by atoms with Crippen molar-refractivity contribution in [1.29, 1.82) is 0 Å². The first-order valence-corrected chi connectivity index (χ1v) is 9.94. The van der Waals surface area contributed by atoms with Crippen LogP contribution < -0.4 is 10.1 Å². The molecule has 1 saturated heterocycles. The van der Waals surface area contributed by atoms with E-state index in [4.69, 9.17) is 14.2 Å². The number of hydrogen-bond acceptors (Lipinski definition) is 6. The molecule has 1 fully saturated rings. The van der Waals surface area contributed by atoms with E-state index in [9.17, 15) is 4.79 Å². The number of hydrogen-bond donors (Lipinski definition) is 1. The molecule has 4 rings (SSSR count). The average molecular weight is 396 g/mol. The molecule has 0 spiro atoms. The fraction of sp³-hybridized carbons (Fsp3) is 0.238. The Morgan fingerprint density at radius 2 is 2.00 bits per heavy atom. The first-order chi connectivity index (χ1) is 13.7. The maximum atomic E-state index is 12.6. The van der Waals surface area contributed by atoms with E-state index in [1.165, 1.54) is 11.3 Å². The molecule has 0 bridgehead atoms. The van der Waals surface area contributed by atoms with Crippen molar-refractivity contribution in [2.45, 2.75) is 13.2 Å². The van der Waals surface area contributed by atoms with Crippen molar-refractivity contribution < 1.29 is 19.0 Å². The first-order valence-electron chi connectivity index (χ1n) is 9.06. The van der Waals surface area contributed by atoms with Crippen LogP contribution in [0.25, 0.3) is 11.3 Å². The average Bonchev–Trinajstić information content (AvgIpc) is 3.41. The fourth-order valence-electron chi connectivity index (χ4n) is 2.90. The van der Waals surface area contributed by atoms with Crippen molar-refractivity contribution in [2.24, 2.45) is 0 Å². The van der Waals surface area contributed by atoms with Crippen LogP contribution in [0.4, 0.5) is 5.13 Å². The Balaban J connectivity index is 1.45. The molecule has 0 unspecified atom stereocenters. The summed E-state index contributed by atoms with van der Waals surface area (Å²) in [4.78, 5) is 17.1. The van der Waals surface area contributed by atoms with Crippen LogP contribution in [0.5, 0.6) is 5.75 Å². The molecular weight excluding hydrogens is 376 g/mol. The molecule has 3 aromatic rings. The summed E-state index contributed by atoms with van der Waals surface area (Å²) in [5.74, 6) is 0.609. The van der Waals surface area contributed by atoms with E-state index in [1.54, 1.807) is 12.1 Å². The van der Waals surface area contributed by atoms with Gasteiger partial charge >= 0.3 is 0 Å². The highest BCUT2D eigenvalue weighted by molar-refractivity contribution is 7.14. The van der Waals surface area contributed by atoms with Crippen LogP contribution in [-0.2, 0) is 9.47 Å². The molecule has 2 heterocycles. The number of anilines is 1. The highest BCUT2D eigenvalue weighted by Gasteiger charge is 2.19. The molecule has 2 aromatic carbocycles. The van der Waals surface area contributed by atoms with Gasteiger partial charge in [0.25, 0.3) is 5.91 Å². The lowest BCUT2D eigenvalue weighted by Gasteiger charge is -2.10. The number of benzene rings is 2. The zero-order chi connectivity index (χ0) is 19.3. The maximum Gasteiger partial charge on any atom is 0.257 e. The summed E-state index contributed by atoms with van der Waals surface area (Å²) >= 11 is 1.39. The van der Waals surface area contributed by atoms with Gasteiger partial charge in [-0.05, 0) is 43.3 Å². The van der Waals surface area contributed by atoms with Crippen LogP contribution in [0, 0.1) is 0 Å². The minimum Gasteiger partial charge on any atom is -0.494 e. The van der Waals surface area contributed by atoms with Gasteiger partial charge in [0.15, 0.2) is 11.4 Å². The molecule has 1 amide bonds. The van der Waals surface area contributed by atoms with Crippen LogP contribution in [0.15, 0.2) is 53.9 Å². The normalized spacial score (nSPS) is 14.2. The molecule has 0 atom stereocenters. The summed E-state index contributed by atoms with van der Waals surface area (Å²) in [5, 5.41) is 5.33. The van der Waals surface area contributed by atoms with Crippen LogP contribution >= 0.6 is 11.3 Å². The minimum atomic E-state index is -0.404. The van der Waals surface area contributed by atoms with E-state index in [0.717, 1.165) is 22.6 Å². The van der Waals surface area contributed by atoms with E-state index in [0.29, 0.717) is 30.5 Å². The standard InChI is InChI=1S/C21H20N2O4S/c1-2-25-17-8-6-14(7-9-17)18-13-28-21(22-18)23-19(24)15-4-3-5-16(12-15)20-26-10-11-27-20/h3-9,12-13,20H,2,10-11H2,1H3,(H,22,23,24). The second kappa shape index (κ2) is 8.52. The summed E-state index contributed by atoms with van der Waals surface area (Å²) in [7, 11) is 0. The number of amides is 1. The molecular formula is C21H20N2O4S. The molecule has 1 N–H and O–H groups in total. The van der Waals surface area contributed by atoms with E-state index in [-0.39, 0.29) is 5.91 Å². The summed E-state index contributed by atoms with van der Waals surface area (Å²) in [6.45, 7) is 3.71. The summed E-state index contributed by atoms with van der Waals surface area (Å²) < 4.78 is 16.4. The molecule has 1 aromatic heterocycles. The van der Waals surface area contributed by atoms with Crippen LogP contribution in [0.2, 0.25) is 0 Å². The zero-order valence-corrected chi connectivity index (χ0v) is 16.2. The topological polar surface area (TPSA) is 69.7 Å². The summed E-state index contributed by atoms with van der Waals surface area (Å²) in [6.07, 6.45) is -0.404. The second-order valence-electron chi connectivity index (χ2n) is 6.15. The van der Waals surface area contributed by atoms with E-state index < -0.39 is 6.29 Å². The van der Waals surface area contributed by atoms with Gasteiger partial charge < -0.3 is 14.2 Å². The highest BCUT2D eigenvalue weighted by atomic mass is 32.1. The third-order valence-corrected chi connectivity index (χ3v) is 4.99. The van der Waals surface area contributed by atoms with Crippen molar-refractivity contribution in [3.8, 4) is 17.0 Å². The number of nitrogens with zero attached hydrogens (tertiary/aromatic N) is 1. The van der Waals surface area contributed by atoms with E-state index >= 15 is 0 Å². The molecule has 7 heteroatoms. The van der Waals surface area contributed by atoms with E-state index in [1.807, 2.05) is 48.7 Å². The van der Waals surface area contributed by atoms with Gasteiger partial charge in [0.1, 0.15) is 5.75 Å². The predicted octanol–water partition coefficient (Wildman–Crippen LogP) is 4.51. The van der Waals surface area contributed by atoms with Crippen molar-refractivity contribution in [1.82, 2.24) is 4.98 Å². The monoisotopic (exact) mass is 396 g/mol. The molecule has 0 aliphatic carbocycles. The third-order valence-electron chi connectivity index (χ3n) is 4.23. The van der Waals surface area contributed by atoms with Crippen molar-refractivity contribution in [3.05, 3.63) is 65.0 Å². The Bertz CT molecular complexity index is 949. The van der Waals surface area contributed by atoms with Crippen LogP contribution in [-0.4, -0.2) is 30.7 Å². The van der Waals surface area contributed by atoms with Gasteiger partial charge in [-0.15, -0.1) is 11.3 Å². The zero-order valence-electron chi connectivity index (χ0n) is 15.4. The van der Waals surface area contributed by atoms with Gasteiger partial charge in [0.2, 0.25) is 0 Å². The predicted molar refractivity (Wildman–Crippen MR) is 108 cm³/mol. The Hall–Kier alpha value is -2.74. The van der Waals surface area contributed by atoms with Crippen molar-refractivity contribution in [2.75, 3.05) is 25.1 Å². The summed E-state index contributed by atoms with van der Waals surface area (Å²) in [5.41, 5.74) is 3.15. The largest absolute Gasteiger partial charge is 0.494 e. The molecule has 144 valence electrons. The van der Waals surface area contributed by atoms with Gasteiger partial charge in [-0.25, -0.2) is 4.98 Å². The molecule has 6 nitrogen and oxygen atoms in total. The number of carbonyl (C=O) groups is 1. The molecule has 1 aliphatic rings. The van der Waals surface area contributed by atoms with Gasteiger partial charge in [-0.1, -0.05) is 12.1 Å². The Morgan fingerprint density at radius 1 is 1.21 bits per heavy atom. The Morgan fingerprint density at radius 3 is 2.75 bits per heavy atom.